The van der Waals surface area contributed by atoms with Crippen LogP contribution in [0.3, 0.4) is 0 Å². The molecule has 4 aliphatic carbocycles. The summed E-state index contributed by atoms with van der Waals surface area (Å²) in [6.07, 6.45) is 11.1. The smallest absolute Gasteiger partial charge is 0.147 e. The third-order valence-corrected chi connectivity index (χ3v) is 9.08. The number of fused-ring (bicyclic) bond motifs is 5. The molecule has 7 atom stereocenters. The fourth-order valence-electron chi connectivity index (χ4n) is 7.38. The molecule has 3 saturated carbocycles. The number of hydrogen-bond acceptors (Lipinski definition) is 3. The Balaban J connectivity index is 1.55. The number of ether oxygens (including phenoxy) is 1. The highest BCUT2D eigenvalue weighted by atomic mass is 79.9. The molecule has 4 aliphatic rings. The summed E-state index contributed by atoms with van der Waals surface area (Å²) in [5, 5.41) is 11.3. The summed E-state index contributed by atoms with van der Waals surface area (Å²) in [5.74, 6) is 3.54. The highest BCUT2D eigenvalue weighted by molar-refractivity contribution is 9.09. The lowest BCUT2D eigenvalue weighted by molar-refractivity contribution is -0.126. The van der Waals surface area contributed by atoms with Crippen LogP contribution in [0, 0.1) is 35.0 Å². The van der Waals surface area contributed by atoms with E-state index in [0.29, 0.717) is 29.6 Å². The minimum atomic E-state index is -0.659. The highest BCUT2D eigenvalue weighted by Crippen LogP contribution is 2.63. The van der Waals surface area contributed by atoms with Gasteiger partial charge in [0, 0.05) is 13.0 Å². The van der Waals surface area contributed by atoms with Crippen LogP contribution < -0.4 is 0 Å². The standard InChI is InChI=1S/C22H33BrO3/c1-21-9-7-16-15-8-10-22(25,13-26-2)11-14(15)3-4-17(16)18(21)5-6-19(21)20(24)12-23/h3,15-19,25H,4-13H2,1-2H3. The molecular weight excluding hydrogens is 392 g/mol. The Kier molecular flexibility index (Phi) is 5.16. The first-order chi connectivity index (χ1) is 12.4. The van der Waals surface area contributed by atoms with Crippen molar-refractivity contribution >= 4 is 21.7 Å². The Morgan fingerprint density at radius 2 is 2.08 bits per heavy atom. The topological polar surface area (TPSA) is 46.5 Å². The number of hydrogen-bond donors (Lipinski definition) is 1. The van der Waals surface area contributed by atoms with Gasteiger partial charge in [0.25, 0.3) is 0 Å². The summed E-state index contributed by atoms with van der Waals surface area (Å²) in [6, 6.07) is 0. The van der Waals surface area contributed by atoms with Crippen LogP contribution in [0.2, 0.25) is 0 Å². The monoisotopic (exact) mass is 424 g/mol. The zero-order chi connectivity index (χ0) is 18.5. The number of halogens is 1. The van der Waals surface area contributed by atoms with Crippen molar-refractivity contribution in [1.29, 1.82) is 0 Å². The fraction of sp³-hybridized carbons (Fsp3) is 0.864. The van der Waals surface area contributed by atoms with Crippen molar-refractivity contribution in [1.82, 2.24) is 0 Å². The Hall–Kier alpha value is -0.190. The lowest BCUT2D eigenvalue weighted by Gasteiger charge is -2.54. The van der Waals surface area contributed by atoms with Crippen molar-refractivity contribution in [2.45, 2.75) is 63.9 Å². The van der Waals surface area contributed by atoms with Crippen molar-refractivity contribution in [3.63, 3.8) is 0 Å². The van der Waals surface area contributed by atoms with Crippen LogP contribution in [0.25, 0.3) is 0 Å². The molecular formula is C22H33BrO3. The Morgan fingerprint density at radius 1 is 1.27 bits per heavy atom. The average Bonchev–Trinajstić information content (AvgIpc) is 2.98. The molecule has 0 aromatic heterocycles. The van der Waals surface area contributed by atoms with E-state index in [-0.39, 0.29) is 11.3 Å². The van der Waals surface area contributed by atoms with Crippen LogP contribution in [0.15, 0.2) is 11.6 Å². The Labute approximate surface area is 166 Å². The number of aliphatic hydroxyl groups is 1. The van der Waals surface area contributed by atoms with E-state index < -0.39 is 5.60 Å². The lowest BCUT2D eigenvalue weighted by Crippen LogP contribution is -2.49. The number of rotatable bonds is 4. The van der Waals surface area contributed by atoms with Gasteiger partial charge in [0.1, 0.15) is 5.78 Å². The van der Waals surface area contributed by atoms with E-state index in [0.717, 1.165) is 43.9 Å². The van der Waals surface area contributed by atoms with Gasteiger partial charge in [-0.1, -0.05) is 34.5 Å². The second-order valence-electron chi connectivity index (χ2n) is 9.70. The summed E-state index contributed by atoms with van der Waals surface area (Å²) in [6.45, 7) is 2.85. The van der Waals surface area contributed by atoms with Crippen molar-refractivity contribution in [3.05, 3.63) is 11.6 Å². The van der Waals surface area contributed by atoms with Gasteiger partial charge in [-0.25, -0.2) is 0 Å². The summed E-state index contributed by atoms with van der Waals surface area (Å²) < 4.78 is 5.27. The minimum absolute atomic E-state index is 0.211. The molecule has 0 heterocycles. The van der Waals surface area contributed by atoms with Crippen molar-refractivity contribution in [3.8, 4) is 0 Å². The van der Waals surface area contributed by atoms with Crippen molar-refractivity contribution in [2.24, 2.45) is 35.0 Å². The number of carbonyl (C=O) groups is 1. The first kappa shape index (κ1) is 19.1. The maximum atomic E-state index is 12.5. The summed E-state index contributed by atoms with van der Waals surface area (Å²) in [7, 11) is 1.68. The molecule has 1 N–H and O–H groups in total. The molecule has 0 aromatic rings. The van der Waals surface area contributed by atoms with Crippen LogP contribution in [-0.2, 0) is 9.53 Å². The molecule has 3 fully saturated rings. The zero-order valence-electron chi connectivity index (χ0n) is 16.2. The second kappa shape index (κ2) is 7.00. The molecule has 4 heteroatoms. The molecule has 0 bridgehead atoms. The Morgan fingerprint density at radius 3 is 2.81 bits per heavy atom. The molecule has 0 spiro atoms. The summed E-state index contributed by atoms with van der Waals surface area (Å²) in [5.41, 5.74) is 1.04. The van der Waals surface area contributed by atoms with E-state index in [4.69, 9.17) is 4.74 Å². The quantitative estimate of drug-likeness (QED) is 0.532. The predicted octanol–water partition coefficient (Wildman–Crippen LogP) is 4.52. The molecule has 26 heavy (non-hydrogen) atoms. The fourth-order valence-corrected chi connectivity index (χ4v) is 7.77. The van der Waals surface area contributed by atoms with Gasteiger partial charge in [-0.15, -0.1) is 0 Å². The average molecular weight is 425 g/mol. The normalized spacial score (nSPS) is 47.5. The molecule has 0 aliphatic heterocycles. The van der Waals surface area contributed by atoms with Gasteiger partial charge in [-0.2, -0.15) is 0 Å². The largest absolute Gasteiger partial charge is 0.387 e. The number of ketones is 1. The van der Waals surface area contributed by atoms with Crippen LogP contribution in [0.1, 0.15) is 58.3 Å². The van der Waals surface area contributed by atoms with E-state index in [1.165, 1.54) is 24.8 Å². The molecule has 4 rings (SSSR count). The molecule has 0 amide bonds. The second-order valence-corrected chi connectivity index (χ2v) is 10.3. The first-order valence-electron chi connectivity index (χ1n) is 10.4. The highest BCUT2D eigenvalue weighted by Gasteiger charge is 2.57. The lowest BCUT2D eigenvalue weighted by atomic mass is 9.51. The maximum Gasteiger partial charge on any atom is 0.147 e. The van der Waals surface area contributed by atoms with Crippen LogP contribution in [0.4, 0.5) is 0 Å². The molecule has 7 unspecified atom stereocenters. The maximum absolute atomic E-state index is 12.5. The van der Waals surface area contributed by atoms with E-state index in [9.17, 15) is 9.90 Å². The number of carbonyl (C=O) groups excluding carboxylic acids is 1. The van der Waals surface area contributed by atoms with Crippen LogP contribution >= 0.6 is 15.9 Å². The first-order valence-corrected chi connectivity index (χ1v) is 11.5. The molecule has 146 valence electrons. The van der Waals surface area contributed by atoms with Gasteiger partial charge in [0.2, 0.25) is 0 Å². The third-order valence-electron chi connectivity index (χ3n) is 8.53. The number of alkyl halides is 1. The van der Waals surface area contributed by atoms with E-state index >= 15 is 0 Å². The molecule has 3 nitrogen and oxygen atoms in total. The van der Waals surface area contributed by atoms with Gasteiger partial charge in [-0.3, -0.25) is 4.79 Å². The van der Waals surface area contributed by atoms with E-state index in [2.05, 4.69) is 28.9 Å². The number of methoxy groups -OCH3 is 1. The van der Waals surface area contributed by atoms with Gasteiger partial charge in [0.05, 0.1) is 17.5 Å². The zero-order valence-corrected chi connectivity index (χ0v) is 17.8. The minimum Gasteiger partial charge on any atom is -0.387 e. The van der Waals surface area contributed by atoms with Crippen LogP contribution in [0.5, 0.6) is 0 Å². The van der Waals surface area contributed by atoms with Crippen LogP contribution in [-0.4, -0.2) is 35.5 Å². The number of allylic oxidation sites excluding steroid dienone is 1. The third kappa shape index (κ3) is 2.95. The van der Waals surface area contributed by atoms with Gasteiger partial charge in [-0.05, 0) is 80.5 Å². The molecule has 0 radical (unpaired) electrons. The molecule has 0 saturated heterocycles. The predicted molar refractivity (Wildman–Crippen MR) is 106 cm³/mol. The number of Topliss-reactive ketones (excluding diaryl/α,β-unsaturated/α-hetero) is 1. The van der Waals surface area contributed by atoms with Crippen molar-refractivity contribution in [2.75, 3.05) is 19.0 Å². The molecule has 0 aromatic carbocycles. The Bertz CT molecular complexity index is 602. The van der Waals surface area contributed by atoms with Gasteiger partial charge in [0.15, 0.2) is 0 Å². The van der Waals surface area contributed by atoms with E-state index in [1.807, 2.05) is 0 Å². The van der Waals surface area contributed by atoms with Gasteiger partial charge >= 0.3 is 0 Å². The summed E-state index contributed by atoms with van der Waals surface area (Å²) in [4.78, 5) is 12.5. The van der Waals surface area contributed by atoms with E-state index in [1.54, 1.807) is 7.11 Å². The SMILES string of the molecule is COCC1(O)CCC2C(=CCC3C2CCC2(C)C(C(=O)CBr)CCC32)C1. The van der Waals surface area contributed by atoms with Crippen molar-refractivity contribution < 1.29 is 14.6 Å². The summed E-state index contributed by atoms with van der Waals surface area (Å²) >= 11 is 3.41. The van der Waals surface area contributed by atoms with Gasteiger partial charge < -0.3 is 9.84 Å².